The Kier molecular flexibility index (Phi) is 5.84. The van der Waals surface area contributed by atoms with Gasteiger partial charge in [0, 0.05) is 0 Å². The van der Waals surface area contributed by atoms with Crippen LogP contribution in [0.15, 0.2) is 0 Å². The van der Waals surface area contributed by atoms with Crippen LogP contribution in [0.2, 0.25) is 0 Å². The summed E-state index contributed by atoms with van der Waals surface area (Å²) in [5.74, 6) is 8.51. The SMILES string of the molecule is CC#[C][Cr]([C]#CC)[C]#CC. The summed E-state index contributed by atoms with van der Waals surface area (Å²) >= 11 is -1.19. The third-order valence-corrected chi connectivity index (χ3v) is 2.52. The summed E-state index contributed by atoms with van der Waals surface area (Å²) in [5, 5.41) is 0. The Hall–Kier alpha value is -0.788. The van der Waals surface area contributed by atoms with E-state index in [0.717, 1.165) is 0 Å². The van der Waals surface area contributed by atoms with E-state index >= 15 is 0 Å². The van der Waals surface area contributed by atoms with Gasteiger partial charge < -0.3 is 0 Å². The molecule has 0 bridgehead atoms. The summed E-state index contributed by atoms with van der Waals surface area (Å²) in [7, 11) is 0. The molecule has 0 aliphatic carbocycles. The summed E-state index contributed by atoms with van der Waals surface area (Å²) in [5.41, 5.74) is 0. The van der Waals surface area contributed by atoms with Gasteiger partial charge in [0.1, 0.15) is 0 Å². The monoisotopic (exact) mass is 169 g/mol. The molecule has 0 radical (unpaired) electrons. The molecule has 0 aromatic heterocycles. The maximum absolute atomic E-state index is 3.01. The first-order chi connectivity index (χ1) is 4.85. The Balaban J connectivity index is 4.26. The van der Waals surface area contributed by atoms with Crippen molar-refractivity contribution >= 4 is 0 Å². The van der Waals surface area contributed by atoms with Gasteiger partial charge in [0.2, 0.25) is 0 Å². The van der Waals surface area contributed by atoms with E-state index in [4.69, 9.17) is 0 Å². The minimum atomic E-state index is -1.19. The van der Waals surface area contributed by atoms with Gasteiger partial charge in [-0.25, -0.2) is 0 Å². The molecule has 0 nitrogen and oxygen atoms in total. The summed E-state index contributed by atoms with van der Waals surface area (Å²) < 4.78 is 0. The van der Waals surface area contributed by atoms with E-state index in [-0.39, 0.29) is 0 Å². The van der Waals surface area contributed by atoms with Crippen molar-refractivity contribution < 1.29 is 14.1 Å². The predicted molar refractivity (Wildman–Crippen MR) is 40.4 cm³/mol. The molecule has 0 heterocycles. The van der Waals surface area contributed by atoms with Crippen LogP contribution in [0.4, 0.5) is 0 Å². The van der Waals surface area contributed by atoms with Crippen LogP contribution in [0.3, 0.4) is 0 Å². The molecule has 0 aliphatic heterocycles. The third kappa shape index (κ3) is 4.13. The van der Waals surface area contributed by atoms with Crippen LogP contribution in [0.25, 0.3) is 0 Å². The van der Waals surface area contributed by atoms with Gasteiger partial charge in [-0.2, -0.15) is 0 Å². The first-order valence-electron chi connectivity index (χ1n) is 2.86. The van der Waals surface area contributed by atoms with Gasteiger partial charge in [-0.1, -0.05) is 0 Å². The zero-order valence-electron chi connectivity index (χ0n) is 6.41. The Morgan fingerprint density at radius 3 is 1.20 bits per heavy atom. The molecule has 0 saturated carbocycles. The van der Waals surface area contributed by atoms with Crippen molar-refractivity contribution in [2.75, 3.05) is 0 Å². The fraction of sp³-hybridized carbons (Fsp3) is 0.333. The molecule has 0 fully saturated rings. The summed E-state index contributed by atoms with van der Waals surface area (Å²) in [6, 6.07) is 0. The maximum atomic E-state index is 3.01. The average molecular weight is 169 g/mol. The molecule has 0 aromatic carbocycles. The van der Waals surface area contributed by atoms with Gasteiger partial charge in [0.05, 0.1) is 0 Å². The minimum absolute atomic E-state index is 1.19. The van der Waals surface area contributed by atoms with Crippen LogP contribution in [0, 0.1) is 32.1 Å². The van der Waals surface area contributed by atoms with Crippen molar-refractivity contribution in [1.29, 1.82) is 0 Å². The Labute approximate surface area is 67.4 Å². The first kappa shape index (κ1) is 9.21. The van der Waals surface area contributed by atoms with E-state index < -0.39 is 14.1 Å². The van der Waals surface area contributed by atoms with Gasteiger partial charge in [-0.3, -0.25) is 0 Å². The predicted octanol–water partition coefficient (Wildman–Crippen LogP) is 1.55. The molecule has 0 aromatic rings. The Morgan fingerprint density at radius 2 is 1.00 bits per heavy atom. The Morgan fingerprint density at radius 1 is 0.700 bits per heavy atom. The van der Waals surface area contributed by atoms with Gasteiger partial charge in [-0.15, -0.1) is 0 Å². The molecule has 0 atom stereocenters. The molecule has 0 amide bonds. The summed E-state index contributed by atoms with van der Waals surface area (Å²) in [6.45, 7) is 5.47. The van der Waals surface area contributed by atoms with Crippen LogP contribution in [0.1, 0.15) is 20.8 Å². The zero-order valence-corrected chi connectivity index (χ0v) is 7.68. The van der Waals surface area contributed by atoms with Gasteiger partial charge >= 0.3 is 67.0 Å². The topological polar surface area (TPSA) is 0 Å². The zero-order chi connectivity index (χ0) is 7.82. The molecular formula is C9H9Cr. The summed E-state index contributed by atoms with van der Waals surface area (Å²) in [6.07, 6.45) is 0. The molecule has 51 valence electrons. The number of rotatable bonds is 0. The van der Waals surface area contributed by atoms with Crippen LogP contribution in [-0.2, 0) is 14.1 Å². The van der Waals surface area contributed by atoms with Crippen molar-refractivity contribution in [2.24, 2.45) is 0 Å². The van der Waals surface area contributed by atoms with Crippen molar-refractivity contribution in [3.63, 3.8) is 0 Å². The van der Waals surface area contributed by atoms with Gasteiger partial charge in [0.15, 0.2) is 0 Å². The van der Waals surface area contributed by atoms with E-state index in [1.807, 2.05) is 20.8 Å². The van der Waals surface area contributed by atoms with Gasteiger partial charge in [0.25, 0.3) is 0 Å². The van der Waals surface area contributed by atoms with Crippen molar-refractivity contribution in [2.45, 2.75) is 20.8 Å². The van der Waals surface area contributed by atoms with Gasteiger partial charge in [-0.05, 0) is 0 Å². The van der Waals surface area contributed by atoms with E-state index in [2.05, 4.69) is 32.1 Å². The van der Waals surface area contributed by atoms with Crippen LogP contribution < -0.4 is 0 Å². The average Bonchev–Trinajstić information content (AvgIpc) is 1.90. The van der Waals surface area contributed by atoms with E-state index in [0.29, 0.717) is 0 Å². The second kappa shape index (κ2) is 6.33. The molecule has 0 rings (SSSR count). The van der Waals surface area contributed by atoms with E-state index in [1.54, 1.807) is 0 Å². The van der Waals surface area contributed by atoms with E-state index in [1.165, 1.54) is 0 Å². The Bertz CT molecular complexity index is 209. The standard InChI is InChI=1S/3C3H3.Cr/c3*1-3-2;/h3*1H3;. The van der Waals surface area contributed by atoms with Crippen molar-refractivity contribution in [3.05, 3.63) is 0 Å². The third-order valence-electron chi connectivity index (χ3n) is 0.612. The second-order valence-electron chi connectivity index (χ2n) is 1.36. The van der Waals surface area contributed by atoms with Crippen molar-refractivity contribution in [3.8, 4) is 32.1 Å². The molecule has 0 unspecified atom stereocenters. The molecular weight excluding hydrogens is 160 g/mol. The van der Waals surface area contributed by atoms with Crippen molar-refractivity contribution in [1.82, 2.24) is 0 Å². The molecule has 10 heavy (non-hydrogen) atoms. The molecule has 0 aliphatic rings. The molecule has 0 spiro atoms. The fourth-order valence-corrected chi connectivity index (χ4v) is 1.58. The molecule has 0 N–H and O–H groups in total. The van der Waals surface area contributed by atoms with Crippen LogP contribution in [-0.4, -0.2) is 0 Å². The second-order valence-corrected chi connectivity index (χ2v) is 3.27. The first-order valence-corrected chi connectivity index (χ1v) is 4.77. The molecule has 0 saturated heterocycles. The van der Waals surface area contributed by atoms with Crippen LogP contribution >= 0.6 is 0 Å². The normalized spacial score (nSPS) is 6.00. The van der Waals surface area contributed by atoms with Crippen LogP contribution in [0.5, 0.6) is 0 Å². The summed E-state index contributed by atoms with van der Waals surface area (Å²) in [4.78, 5) is 9.04. The van der Waals surface area contributed by atoms with E-state index in [9.17, 15) is 0 Å². The molecule has 1 heteroatoms. The number of hydrogen-bond donors (Lipinski definition) is 0. The fourth-order valence-electron chi connectivity index (χ4n) is 0.383. The number of hydrogen-bond acceptors (Lipinski definition) is 0. The quantitative estimate of drug-likeness (QED) is 0.482.